The lowest BCUT2D eigenvalue weighted by Crippen LogP contribution is -2.41. The Morgan fingerprint density at radius 1 is 1.47 bits per heavy atom. The Morgan fingerprint density at radius 2 is 2.11 bits per heavy atom. The molecule has 1 aromatic carbocycles. The Bertz CT molecular complexity index is 465. The third-order valence-corrected chi connectivity index (χ3v) is 3.78. The highest BCUT2D eigenvalue weighted by atomic mass is 79.9. The van der Waals surface area contributed by atoms with Crippen LogP contribution < -0.4 is 0 Å². The standard InChI is InChI=1S/C14H19BrFNO2/c1-5-19-13(18)9-14(2,17(3)4)11-8-10(15)6-7-12(11)16/h6-8H,5,9H2,1-4H3. The summed E-state index contributed by atoms with van der Waals surface area (Å²) in [5.74, 6) is -0.665. The normalized spacial score (nSPS) is 14.3. The van der Waals surface area contributed by atoms with E-state index in [1.807, 2.05) is 25.9 Å². The fraction of sp³-hybridized carbons (Fsp3) is 0.500. The van der Waals surface area contributed by atoms with E-state index in [9.17, 15) is 9.18 Å². The Labute approximate surface area is 121 Å². The molecule has 0 amide bonds. The lowest BCUT2D eigenvalue weighted by Gasteiger charge is -2.36. The van der Waals surface area contributed by atoms with Crippen molar-refractivity contribution in [3.05, 3.63) is 34.1 Å². The number of halogens is 2. The van der Waals surface area contributed by atoms with Gasteiger partial charge in [0.1, 0.15) is 5.82 Å². The van der Waals surface area contributed by atoms with E-state index in [1.165, 1.54) is 6.07 Å². The summed E-state index contributed by atoms with van der Waals surface area (Å²) in [5.41, 5.74) is -0.278. The predicted molar refractivity (Wildman–Crippen MR) is 76.4 cm³/mol. The molecule has 1 unspecified atom stereocenters. The van der Waals surface area contributed by atoms with Crippen LogP contribution in [-0.4, -0.2) is 31.6 Å². The summed E-state index contributed by atoms with van der Waals surface area (Å²) in [6.07, 6.45) is 0.0984. The molecule has 0 spiro atoms. The fourth-order valence-electron chi connectivity index (χ4n) is 1.90. The minimum Gasteiger partial charge on any atom is -0.466 e. The van der Waals surface area contributed by atoms with Crippen molar-refractivity contribution in [2.75, 3.05) is 20.7 Å². The second-order valence-electron chi connectivity index (χ2n) is 4.77. The maximum absolute atomic E-state index is 14.1. The van der Waals surface area contributed by atoms with Gasteiger partial charge in [-0.15, -0.1) is 0 Å². The first-order valence-electron chi connectivity index (χ1n) is 6.10. The van der Waals surface area contributed by atoms with Gasteiger partial charge in [0.05, 0.1) is 18.6 Å². The molecule has 0 heterocycles. The lowest BCUT2D eigenvalue weighted by atomic mass is 9.87. The van der Waals surface area contributed by atoms with E-state index in [1.54, 1.807) is 19.1 Å². The zero-order valence-corrected chi connectivity index (χ0v) is 13.3. The molecule has 0 radical (unpaired) electrons. The van der Waals surface area contributed by atoms with E-state index in [0.29, 0.717) is 12.2 Å². The number of ether oxygens (including phenoxy) is 1. The fourth-order valence-corrected chi connectivity index (χ4v) is 2.26. The molecule has 0 saturated carbocycles. The van der Waals surface area contributed by atoms with Crippen molar-refractivity contribution in [1.29, 1.82) is 0 Å². The molecule has 0 fully saturated rings. The van der Waals surface area contributed by atoms with Gasteiger partial charge in [0.15, 0.2) is 0 Å². The summed E-state index contributed by atoms with van der Waals surface area (Å²) in [6, 6.07) is 4.74. The van der Waals surface area contributed by atoms with Crippen LogP contribution in [-0.2, 0) is 15.1 Å². The maximum atomic E-state index is 14.1. The van der Waals surface area contributed by atoms with Crippen molar-refractivity contribution >= 4 is 21.9 Å². The van der Waals surface area contributed by atoms with Crippen LogP contribution in [0.2, 0.25) is 0 Å². The number of hydrogen-bond donors (Lipinski definition) is 0. The Morgan fingerprint density at radius 3 is 2.63 bits per heavy atom. The van der Waals surface area contributed by atoms with Crippen LogP contribution in [0.4, 0.5) is 4.39 Å². The number of benzene rings is 1. The smallest absolute Gasteiger partial charge is 0.308 e. The van der Waals surface area contributed by atoms with Crippen molar-refractivity contribution in [3.8, 4) is 0 Å². The molecule has 19 heavy (non-hydrogen) atoms. The van der Waals surface area contributed by atoms with Crippen LogP contribution in [0.25, 0.3) is 0 Å². The van der Waals surface area contributed by atoms with Crippen LogP contribution >= 0.6 is 15.9 Å². The number of nitrogens with zero attached hydrogens (tertiary/aromatic N) is 1. The number of carbonyl (C=O) groups excluding carboxylic acids is 1. The number of hydrogen-bond acceptors (Lipinski definition) is 3. The van der Waals surface area contributed by atoms with Gasteiger partial charge in [-0.2, -0.15) is 0 Å². The first-order valence-corrected chi connectivity index (χ1v) is 6.89. The van der Waals surface area contributed by atoms with Crippen molar-refractivity contribution in [1.82, 2.24) is 4.90 Å². The quantitative estimate of drug-likeness (QED) is 0.775. The van der Waals surface area contributed by atoms with Gasteiger partial charge in [-0.1, -0.05) is 15.9 Å². The van der Waals surface area contributed by atoms with E-state index >= 15 is 0 Å². The number of rotatable bonds is 5. The van der Waals surface area contributed by atoms with E-state index in [0.717, 1.165) is 4.47 Å². The van der Waals surface area contributed by atoms with Gasteiger partial charge in [-0.3, -0.25) is 9.69 Å². The average molecular weight is 332 g/mol. The molecule has 1 aromatic rings. The first-order chi connectivity index (χ1) is 8.81. The molecule has 5 heteroatoms. The highest BCUT2D eigenvalue weighted by molar-refractivity contribution is 9.10. The van der Waals surface area contributed by atoms with E-state index in [2.05, 4.69) is 15.9 Å². The molecule has 1 rings (SSSR count). The molecular weight excluding hydrogens is 313 g/mol. The molecule has 0 bridgehead atoms. The monoisotopic (exact) mass is 331 g/mol. The highest BCUT2D eigenvalue weighted by Gasteiger charge is 2.35. The molecule has 0 aromatic heterocycles. The summed E-state index contributed by atoms with van der Waals surface area (Å²) in [6.45, 7) is 3.91. The van der Waals surface area contributed by atoms with Gasteiger partial charge in [-0.25, -0.2) is 4.39 Å². The van der Waals surface area contributed by atoms with E-state index in [4.69, 9.17) is 4.74 Å². The molecule has 106 valence electrons. The molecular formula is C14H19BrFNO2. The maximum Gasteiger partial charge on any atom is 0.308 e. The van der Waals surface area contributed by atoms with Crippen molar-refractivity contribution in [2.45, 2.75) is 25.8 Å². The third kappa shape index (κ3) is 3.76. The second kappa shape index (κ2) is 6.48. The van der Waals surface area contributed by atoms with Crippen LogP contribution in [0.15, 0.2) is 22.7 Å². The van der Waals surface area contributed by atoms with Gasteiger partial charge < -0.3 is 4.74 Å². The zero-order valence-electron chi connectivity index (χ0n) is 11.7. The molecule has 0 N–H and O–H groups in total. The molecule has 0 saturated heterocycles. The molecule has 3 nitrogen and oxygen atoms in total. The zero-order chi connectivity index (χ0) is 14.6. The van der Waals surface area contributed by atoms with Gasteiger partial charge in [0.25, 0.3) is 0 Å². The summed E-state index contributed by atoms with van der Waals surface area (Å²) in [7, 11) is 3.64. The number of esters is 1. The van der Waals surface area contributed by atoms with Gasteiger partial charge in [0.2, 0.25) is 0 Å². The Kier molecular flexibility index (Phi) is 5.50. The first kappa shape index (κ1) is 16.1. The lowest BCUT2D eigenvalue weighted by molar-refractivity contribution is -0.146. The summed E-state index contributed by atoms with van der Waals surface area (Å²) < 4.78 is 19.8. The Hall–Kier alpha value is -0.940. The SMILES string of the molecule is CCOC(=O)CC(C)(c1cc(Br)ccc1F)N(C)C. The van der Waals surface area contributed by atoms with Crippen molar-refractivity contribution in [3.63, 3.8) is 0 Å². The average Bonchev–Trinajstić information content (AvgIpc) is 2.32. The molecule has 0 aliphatic carbocycles. The summed E-state index contributed by atoms with van der Waals surface area (Å²) in [5, 5.41) is 0. The third-order valence-electron chi connectivity index (χ3n) is 3.29. The highest BCUT2D eigenvalue weighted by Crippen LogP contribution is 2.33. The minimum absolute atomic E-state index is 0.0984. The minimum atomic E-state index is -0.750. The van der Waals surface area contributed by atoms with Crippen LogP contribution in [0.3, 0.4) is 0 Å². The summed E-state index contributed by atoms with van der Waals surface area (Å²) >= 11 is 3.33. The predicted octanol–water partition coefficient (Wildman–Crippen LogP) is 3.32. The van der Waals surface area contributed by atoms with Crippen molar-refractivity contribution in [2.24, 2.45) is 0 Å². The topological polar surface area (TPSA) is 29.5 Å². The molecule has 0 aliphatic heterocycles. The second-order valence-corrected chi connectivity index (χ2v) is 5.69. The largest absolute Gasteiger partial charge is 0.466 e. The van der Waals surface area contributed by atoms with Crippen LogP contribution in [0.5, 0.6) is 0 Å². The van der Waals surface area contributed by atoms with Crippen LogP contribution in [0.1, 0.15) is 25.8 Å². The van der Waals surface area contributed by atoms with Crippen molar-refractivity contribution < 1.29 is 13.9 Å². The summed E-state index contributed by atoms with van der Waals surface area (Å²) in [4.78, 5) is 13.6. The van der Waals surface area contributed by atoms with Gasteiger partial charge in [0, 0.05) is 10.0 Å². The van der Waals surface area contributed by atoms with Gasteiger partial charge in [-0.05, 0) is 46.1 Å². The number of carbonyl (C=O) groups is 1. The Balaban J connectivity index is 3.18. The van der Waals surface area contributed by atoms with Gasteiger partial charge >= 0.3 is 5.97 Å². The molecule has 0 aliphatic rings. The van der Waals surface area contributed by atoms with Crippen LogP contribution in [0, 0.1) is 5.82 Å². The molecule has 1 atom stereocenters. The van der Waals surface area contributed by atoms with E-state index in [-0.39, 0.29) is 18.2 Å². The van der Waals surface area contributed by atoms with E-state index < -0.39 is 5.54 Å².